The fraction of sp³-hybridized carbons (Fsp3) is 0.600. The van der Waals surface area contributed by atoms with E-state index >= 15 is 0 Å². The summed E-state index contributed by atoms with van der Waals surface area (Å²) in [6.07, 6.45) is 1.02. The minimum atomic E-state index is -0.172. The minimum absolute atomic E-state index is 0.153. The molecule has 1 aliphatic rings. The fourth-order valence-electron chi connectivity index (χ4n) is 2.56. The Labute approximate surface area is 114 Å². The molecule has 1 aromatic carbocycles. The maximum absolute atomic E-state index is 13.5. The van der Waals surface area contributed by atoms with Gasteiger partial charge < -0.3 is 15.0 Å². The highest BCUT2D eigenvalue weighted by Crippen LogP contribution is 2.28. The molecule has 2 rings (SSSR count). The number of anilines is 1. The first-order valence-corrected chi connectivity index (χ1v) is 7.08. The lowest BCUT2D eigenvalue weighted by Gasteiger charge is -2.27. The maximum atomic E-state index is 13.5. The van der Waals surface area contributed by atoms with Gasteiger partial charge in [-0.05, 0) is 43.7 Å². The molecule has 1 aromatic rings. The molecule has 0 aromatic heterocycles. The van der Waals surface area contributed by atoms with E-state index in [0.29, 0.717) is 0 Å². The topological polar surface area (TPSA) is 24.5 Å². The van der Waals surface area contributed by atoms with Gasteiger partial charge in [0.15, 0.2) is 0 Å². The summed E-state index contributed by atoms with van der Waals surface area (Å²) in [5, 5.41) is 3.36. The van der Waals surface area contributed by atoms with Crippen LogP contribution in [0.1, 0.15) is 31.9 Å². The van der Waals surface area contributed by atoms with Gasteiger partial charge in [-0.3, -0.25) is 0 Å². The molecule has 3 nitrogen and oxygen atoms in total. The third-order valence-electron chi connectivity index (χ3n) is 3.53. The van der Waals surface area contributed by atoms with Crippen LogP contribution >= 0.6 is 0 Å². The molecule has 1 atom stereocenters. The van der Waals surface area contributed by atoms with Gasteiger partial charge in [0.25, 0.3) is 0 Å². The average Bonchev–Trinajstić information content (AvgIpc) is 2.68. The Balaban J connectivity index is 2.26. The second-order valence-corrected chi connectivity index (χ2v) is 4.94. The Morgan fingerprint density at radius 3 is 3.00 bits per heavy atom. The van der Waals surface area contributed by atoms with E-state index in [1.807, 2.05) is 6.07 Å². The summed E-state index contributed by atoms with van der Waals surface area (Å²) in [6, 6.07) is 5.24. The van der Waals surface area contributed by atoms with E-state index in [2.05, 4.69) is 24.1 Å². The lowest BCUT2D eigenvalue weighted by molar-refractivity contribution is 0.152. The normalized spacial score (nSPS) is 18.2. The number of hydrogen-bond acceptors (Lipinski definition) is 3. The second-order valence-electron chi connectivity index (χ2n) is 4.94. The van der Waals surface area contributed by atoms with Crippen molar-refractivity contribution in [2.24, 2.45) is 0 Å². The lowest BCUT2D eigenvalue weighted by atomic mass is 10.0. The van der Waals surface area contributed by atoms with Crippen molar-refractivity contribution in [1.82, 2.24) is 5.32 Å². The van der Waals surface area contributed by atoms with Gasteiger partial charge in [-0.1, -0.05) is 6.92 Å². The van der Waals surface area contributed by atoms with Gasteiger partial charge in [-0.15, -0.1) is 0 Å². The van der Waals surface area contributed by atoms with Gasteiger partial charge in [-0.2, -0.15) is 0 Å². The highest BCUT2D eigenvalue weighted by molar-refractivity contribution is 5.55. The zero-order valence-electron chi connectivity index (χ0n) is 11.8. The van der Waals surface area contributed by atoms with E-state index in [4.69, 9.17) is 4.74 Å². The quantitative estimate of drug-likeness (QED) is 0.907. The molecule has 106 valence electrons. The summed E-state index contributed by atoms with van der Waals surface area (Å²) in [6.45, 7) is 8.42. The molecule has 1 heterocycles. The minimum Gasteiger partial charge on any atom is -0.380 e. The molecule has 1 fully saturated rings. The lowest BCUT2D eigenvalue weighted by Crippen LogP contribution is -2.29. The maximum Gasteiger partial charge on any atom is 0.123 e. The van der Waals surface area contributed by atoms with Crippen LogP contribution in [-0.2, 0) is 4.74 Å². The first-order chi connectivity index (χ1) is 9.22. The molecular weight excluding hydrogens is 243 g/mol. The Hall–Kier alpha value is -1.13. The summed E-state index contributed by atoms with van der Waals surface area (Å²) in [4.78, 5) is 2.30. The average molecular weight is 266 g/mol. The number of nitrogens with zero attached hydrogens (tertiary/aromatic N) is 1. The molecule has 1 aliphatic heterocycles. The zero-order valence-corrected chi connectivity index (χ0v) is 11.8. The predicted molar refractivity (Wildman–Crippen MR) is 76.1 cm³/mol. The SMILES string of the molecule is CCNC(C)c1cc(F)ccc1N1CCCOCC1. The van der Waals surface area contributed by atoms with Gasteiger partial charge in [0.1, 0.15) is 5.82 Å². The van der Waals surface area contributed by atoms with Crippen LogP contribution in [-0.4, -0.2) is 32.8 Å². The highest BCUT2D eigenvalue weighted by Gasteiger charge is 2.17. The van der Waals surface area contributed by atoms with Crippen molar-refractivity contribution >= 4 is 5.69 Å². The van der Waals surface area contributed by atoms with Gasteiger partial charge in [-0.25, -0.2) is 4.39 Å². The number of hydrogen-bond donors (Lipinski definition) is 1. The van der Waals surface area contributed by atoms with Crippen molar-refractivity contribution in [1.29, 1.82) is 0 Å². The molecule has 1 N–H and O–H groups in total. The van der Waals surface area contributed by atoms with Crippen LogP contribution in [0.15, 0.2) is 18.2 Å². The van der Waals surface area contributed by atoms with E-state index in [0.717, 1.165) is 50.5 Å². The first-order valence-electron chi connectivity index (χ1n) is 7.08. The van der Waals surface area contributed by atoms with Crippen LogP contribution in [0, 0.1) is 5.82 Å². The van der Waals surface area contributed by atoms with Crippen molar-refractivity contribution < 1.29 is 9.13 Å². The van der Waals surface area contributed by atoms with Crippen LogP contribution in [0.2, 0.25) is 0 Å². The number of nitrogens with one attached hydrogen (secondary N) is 1. The summed E-state index contributed by atoms with van der Waals surface area (Å²) < 4.78 is 19.0. The Kier molecular flexibility index (Phi) is 5.16. The summed E-state index contributed by atoms with van der Waals surface area (Å²) in [5.41, 5.74) is 2.16. The van der Waals surface area contributed by atoms with Crippen molar-refractivity contribution in [3.8, 4) is 0 Å². The van der Waals surface area contributed by atoms with E-state index in [1.165, 1.54) is 0 Å². The van der Waals surface area contributed by atoms with Crippen molar-refractivity contribution in [2.75, 3.05) is 37.7 Å². The van der Waals surface area contributed by atoms with Gasteiger partial charge in [0.2, 0.25) is 0 Å². The number of halogens is 1. The number of benzene rings is 1. The van der Waals surface area contributed by atoms with Crippen LogP contribution in [0.4, 0.5) is 10.1 Å². The van der Waals surface area contributed by atoms with Gasteiger partial charge in [0, 0.05) is 31.4 Å². The first kappa shape index (κ1) is 14.3. The van der Waals surface area contributed by atoms with E-state index in [9.17, 15) is 4.39 Å². The summed E-state index contributed by atoms with van der Waals surface area (Å²) >= 11 is 0. The number of ether oxygens (including phenoxy) is 1. The molecule has 19 heavy (non-hydrogen) atoms. The molecule has 0 radical (unpaired) electrons. The largest absolute Gasteiger partial charge is 0.380 e. The van der Waals surface area contributed by atoms with Gasteiger partial charge >= 0.3 is 0 Å². The third-order valence-corrected chi connectivity index (χ3v) is 3.53. The standard InChI is InChI=1S/C15H23FN2O/c1-3-17-12(2)14-11-13(16)5-6-15(14)18-7-4-9-19-10-8-18/h5-6,11-12,17H,3-4,7-10H2,1-2H3. The van der Waals surface area contributed by atoms with Gasteiger partial charge in [0.05, 0.1) is 6.61 Å². The molecule has 0 saturated carbocycles. The van der Waals surface area contributed by atoms with Crippen molar-refractivity contribution in [3.63, 3.8) is 0 Å². The molecule has 0 bridgehead atoms. The second kappa shape index (κ2) is 6.87. The summed E-state index contributed by atoms with van der Waals surface area (Å²) in [7, 11) is 0. The van der Waals surface area contributed by atoms with Crippen LogP contribution in [0.25, 0.3) is 0 Å². The Morgan fingerprint density at radius 1 is 1.37 bits per heavy atom. The molecular formula is C15H23FN2O. The van der Waals surface area contributed by atoms with Crippen LogP contribution in [0.3, 0.4) is 0 Å². The predicted octanol–water partition coefficient (Wildman–Crippen LogP) is 2.72. The molecule has 0 spiro atoms. The van der Waals surface area contributed by atoms with Crippen molar-refractivity contribution in [3.05, 3.63) is 29.6 Å². The Morgan fingerprint density at radius 2 is 2.21 bits per heavy atom. The monoisotopic (exact) mass is 266 g/mol. The van der Waals surface area contributed by atoms with E-state index in [-0.39, 0.29) is 11.9 Å². The van der Waals surface area contributed by atoms with Crippen LogP contribution in [0.5, 0.6) is 0 Å². The van der Waals surface area contributed by atoms with Crippen LogP contribution < -0.4 is 10.2 Å². The molecule has 0 amide bonds. The third kappa shape index (κ3) is 3.67. The van der Waals surface area contributed by atoms with E-state index < -0.39 is 0 Å². The molecule has 1 saturated heterocycles. The fourth-order valence-corrected chi connectivity index (χ4v) is 2.56. The van der Waals surface area contributed by atoms with E-state index in [1.54, 1.807) is 12.1 Å². The molecule has 1 unspecified atom stereocenters. The number of rotatable bonds is 4. The highest BCUT2D eigenvalue weighted by atomic mass is 19.1. The smallest absolute Gasteiger partial charge is 0.123 e. The Bertz CT molecular complexity index is 403. The zero-order chi connectivity index (χ0) is 13.7. The van der Waals surface area contributed by atoms with Crippen molar-refractivity contribution in [2.45, 2.75) is 26.3 Å². The summed E-state index contributed by atoms with van der Waals surface area (Å²) in [5.74, 6) is -0.172. The molecule has 4 heteroatoms. The molecule has 0 aliphatic carbocycles.